The monoisotopic (exact) mass is 245 g/mol. The van der Waals surface area contributed by atoms with Crippen LogP contribution >= 0.6 is 0 Å². The number of carbonyl (C=O) groups excluding carboxylic acids is 1. The molecule has 0 unspecified atom stereocenters. The largest absolute Gasteiger partial charge is 0.480 e. The summed E-state index contributed by atoms with van der Waals surface area (Å²) in [6.07, 6.45) is -0.156. The number of hydrogen-bond acceptors (Lipinski definition) is 3. The number of hydrogen-bond donors (Lipinski definition) is 3. The van der Waals surface area contributed by atoms with E-state index >= 15 is 0 Å². The molecule has 0 aliphatic carbocycles. The first-order valence-electron chi connectivity index (χ1n) is 6.00. The minimum atomic E-state index is -1.14. The van der Waals surface area contributed by atoms with Crippen molar-refractivity contribution in [3.8, 4) is 0 Å². The number of carboxylic acids is 1. The van der Waals surface area contributed by atoms with Gasteiger partial charge in [-0.25, -0.2) is 4.79 Å². The van der Waals surface area contributed by atoms with E-state index < -0.39 is 24.0 Å². The molecule has 0 aromatic carbocycles. The molecule has 0 radical (unpaired) electrons. The Kier molecular flexibility index (Phi) is 6.80. The SMILES string of the molecule is CC[C@@H](C)[C@H](NC(=O)[C@@H](O)CC(C)C)C(=O)O. The van der Waals surface area contributed by atoms with Gasteiger partial charge >= 0.3 is 5.97 Å². The summed E-state index contributed by atoms with van der Waals surface area (Å²) in [5.74, 6) is -1.65. The molecular weight excluding hydrogens is 222 g/mol. The third-order valence-corrected chi connectivity index (χ3v) is 2.77. The fourth-order valence-corrected chi connectivity index (χ4v) is 1.49. The minimum absolute atomic E-state index is 0.164. The Labute approximate surface area is 102 Å². The maximum atomic E-state index is 11.6. The lowest BCUT2D eigenvalue weighted by Gasteiger charge is -2.22. The van der Waals surface area contributed by atoms with Crippen LogP contribution in [-0.4, -0.2) is 34.2 Å². The predicted octanol–water partition coefficient (Wildman–Crippen LogP) is 1.01. The van der Waals surface area contributed by atoms with Gasteiger partial charge < -0.3 is 15.5 Å². The molecular formula is C12H23NO4. The van der Waals surface area contributed by atoms with E-state index in [1.807, 2.05) is 20.8 Å². The zero-order valence-electron chi connectivity index (χ0n) is 10.9. The molecule has 5 nitrogen and oxygen atoms in total. The van der Waals surface area contributed by atoms with Crippen molar-refractivity contribution in [2.24, 2.45) is 11.8 Å². The van der Waals surface area contributed by atoms with Gasteiger partial charge in [-0.1, -0.05) is 34.1 Å². The smallest absolute Gasteiger partial charge is 0.326 e. The third kappa shape index (κ3) is 5.68. The summed E-state index contributed by atoms with van der Waals surface area (Å²) in [4.78, 5) is 22.6. The van der Waals surface area contributed by atoms with Crippen molar-refractivity contribution in [3.05, 3.63) is 0 Å². The van der Waals surface area contributed by atoms with Crippen LogP contribution in [0.15, 0.2) is 0 Å². The summed E-state index contributed by atoms with van der Waals surface area (Å²) < 4.78 is 0. The lowest BCUT2D eigenvalue weighted by atomic mass is 9.98. The highest BCUT2D eigenvalue weighted by molar-refractivity contribution is 5.86. The Morgan fingerprint density at radius 3 is 2.12 bits per heavy atom. The Balaban J connectivity index is 4.45. The summed E-state index contributed by atoms with van der Waals surface area (Å²) in [5.41, 5.74) is 0. The van der Waals surface area contributed by atoms with Crippen LogP contribution in [-0.2, 0) is 9.59 Å². The summed E-state index contributed by atoms with van der Waals surface area (Å²) in [6.45, 7) is 7.39. The van der Waals surface area contributed by atoms with Gasteiger partial charge in [0.15, 0.2) is 0 Å². The number of carboxylic acid groups (broad SMARTS) is 1. The molecule has 0 aromatic heterocycles. The fraction of sp³-hybridized carbons (Fsp3) is 0.833. The van der Waals surface area contributed by atoms with Crippen LogP contribution < -0.4 is 5.32 Å². The highest BCUT2D eigenvalue weighted by Crippen LogP contribution is 2.10. The molecule has 0 aliphatic rings. The Hall–Kier alpha value is -1.10. The Bertz CT molecular complexity index is 265. The topological polar surface area (TPSA) is 86.6 Å². The molecule has 0 heterocycles. The molecule has 1 amide bonds. The van der Waals surface area contributed by atoms with Crippen LogP contribution in [0, 0.1) is 11.8 Å². The first kappa shape index (κ1) is 15.9. The Morgan fingerprint density at radius 1 is 1.24 bits per heavy atom. The van der Waals surface area contributed by atoms with E-state index in [0.717, 1.165) is 0 Å². The van der Waals surface area contributed by atoms with Gasteiger partial charge in [-0.3, -0.25) is 4.79 Å². The van der Waals surface area contributed by atoms with Crippen molar-refractivity contribution in [2.75, 3.05) is 0 Å². The second kappa shape index (κ2) is 7.27. The highest BCUT2D eigenvalue weighted by Gasteiger charge is 2.27. The summed E-state index contributed by atoms with van der Waals surface area (Å²) in [6, 6.07) is -0.936. The number of nitrogens with one attached hydrogen (secondary N) is 1. The molecule has 0 aliphatic heterocycles. The lowest BCUT2D eigenvalue weighted by Crippen LogP contribution is -2.48. The normalized spacial score (nSPS) is 16.4. The molecule has 3 N–H and O–H groups in total. The third-order valence-electron chi connectivity index (χ3n) is 2.77. The molecule has 0 rings (SSSR count). The standard InChI is InChI=1S/C12H23NO4/c1-5-8(4)10(12(16)17)13-11(15)9(14)6-7(2)3/h7-10,14H,5-6H2,1-4H3,(H,13,15)(H,16,17)/t8-,9+,10+/m1/s1. The number of aliphatic hydroxyl groups excluding tert-OH is 1. The molecule has 0 spiro atoms. The second-order valence-corrected chi connectivity index (χ2v) is 4.86. The average molecular weight is 245 g/mol. The molecule has 17 heavy (non-hydrogen) atoms. The lowest BCUT2D eigenvalue weighted by molar-refractivity contribution is -0.145. The maximum absolute atomic E-state index is 11.6. The van der Waals surface area contributed by atoms with E-state index in [0.29, 0.717) is 12.8 Å². The van der Waals surface area contributed by atoms with Gasteiger partial charge in [-0.2, -0.15) is 0 Å². The van der Waals surface area contributed by atoms with E-state index in [1.54, 1.807) is 6.92 Å². The molecule has 0 bridgehead atoms. The zero-order valence-corrected chi connectivity index (χ0v) is 10.9. The average Bonchev–Trinajstić information content (AvgIpc) is 2.22. The molecule has 5 heteroatoms. The van der Waals surface area contributed by atoms with Crippen LogP contribution in [0.5, 0.6) is 0 Å². The number of aliphatic carboxylic acids is 1. The van der Waals surface area contributed by atoms with Crippen molar-refractivity contribution in [1.29, 1.82) is 0 Å². The van der Waals surface area contributed by atoms with Crippen molar-refractivity contribution in [3.63, 3.8) is 0 Å². The first-order valence-corrected chi connectivity index (χ1v) is 6.00. The van der Waals surface area contributed by atoms with E-state index in [4.69, 9.17) is 5.11 Å². The van der Waals surface area contributed by atoms with Gasteiger partial charge in [0, 0.05) is 0 Å². The van der Waals surface area contributed by atoms with E-state index in [2.05, 4.69) is 5.32 Å². The predicted molar refractivity (Wildman–Crippen MR) is 64.5 cm³/mol. The van der Waals surface area contributed by atoms with Crippen LogP contribution in [0.25, 0.3) is 0 Å². The second-order valence-electron chi connectivity index (χ2n) is 4.86. The number of amides is 1. The maximum Gasteiger partial charge on any atom is 0.326 e. The fourth-order valence-electron chi connectivity index (χ4n) is 1.49. The summed E-state index contributed by atoms with van der Waals surface area (Å²) in [7, 11) is 0. The van der Waals surface area contributed by atoms with E-state index in [-0.39, 0.29) is 11.8 Å². The molecule has 3 atom stereocenters. The Morgan fingerprint density at radius 2 is 1.76 bits per heavy atom. The molecule has 0 saturated carbocycles. The van der Waals surface area contributed by atoms with Crippen molar-refractivity contribution in [2.45, 2.75) is 52.7 Å². The number of aliphatic hydroxyl groups is 1. The number of carbonyl (C=O) groups is 2. The molecule has 0 aromatic rings. The van der Waals surface area contributed by atoms with Gasteiger partial charge in [0.05, 0.1) is 0 Å². The number of rotatable bonds is 7. The van der Waals surface area contributed by atoms with Crippen LogP contribution in [0.2, 0.25) is 0 Å². The van der Waals surface area contributed by atoms with Gasteiger partial charge in [0.2, 0.25) is 5.91 Å². The molecule has 0 fully saturated rings. The zero-order chi connectivity index (χ0) is 13.6. The van der Waals surface area contributed by atoms with Crippen LogP contribution in [0.1, 0.15) is 40.5 Å². The summed E-state index contributed by atoms with van der Waals surface area (Å²) in [5, 5.41) is 20.9. The van der Waals surface area contributed by atoms with Crippen molar-refractivity contribution in [1.82, 2.24) is 5.32 Å². The molecule has 0 saturated heterocycles. The van der Waals surface area contributed by atoms with Gasteiger partial charge in [0.25, 0.3) is 0 Å². The first-order chi connectivity index (χ1) is 7.79. The van der Waals surface area contributed by atoms with Gasteiger partial charge in [-0.05, 0) is 18.3 Å². The van der Waals surface area contributed by atoms with Crippen molar-refractivity contribution >= 4 is 11.9 Å². The molecule has 100 valence electrons. The van der Waals surface area contributed by atoms with E-state index in [9.17, 15) is 14.7 Å². The van der Waals surface area contributed by atoms with Gasteiger partial charge in [-0.15, -0.1) is 0 Å². The highest BCUT2D eigenvalue weighted by atomic mass is 16.4. The quantitative estimate of drug-likeness (QED) is 0.624. The van der Waals surface area contributed by atoms with Crippen molar-refractivity contribution < 1.29 is 19.8 Å². The summed E-state index contributed by atoms with van der Waals surface area (Å²) >= 11 is 0. The minimum Gasteiger partial charge on any atom is -0.480 e. The van der Waals surface area contributed by atoms with E-state index in [1.165, 1.54) is 0 Å². The van der Waals surface area contributed by atoms with Gasteiger partial charge in [0.1, 0.15) is 12.1 Å². The van der Waals surface area contributed by atoms with Crippen LogP contribution in [0.3, 0.4) is 0 Å². The van der Waals surface area contributed by atoms with Crippen LogP contribution in [0.4, 0.5) is 0 Å².